The molecule has 0 aromatic carbocycles. The monoisotopic (exact) mass is 341 g/mol. The van der Waals surface area contributed by atoms with Crippen LogP contribution in [0.15, 0.2) is 24.5 Å². The molecule has 1 fully saturated rings. The molecule has 1 atom stereocenters. The molecule has 0 saturated carbocycles. The quantitative estimate of drug-likeness (QED) is 0.839. The predicted molar refractivity (Wildman–Crippen MR) is 95.8 cm³/mol. The third kappa shape index (κ3) is 3.09. The molecule has 1 aliphatic heterocycles. The summed E-state index contributed by atoms with van der Waals surface area (Å²) in [5.41, 5.74) is 2.26. The number of likely N-dealkylation sites (tertiary alicyclic amines) is 1. The minimum atomic E-state index is 0.146. The summed E-state index contributed by atoms with van der Waals surface area (Å²) in [5, 5.41) is 1.04. The zero-order valence-electron chi connectivity index (χ0n) is 14.1. The maximum Gasteiger partial charge on any atom is 0.226 e. The number of piperidine rings is 1. The third-order valence-electron chi connectivity index (χ3n) is 5.29. The molecule has 1 unspecified atom stereocenters. The van der Waals surface area contributed by atoms with E-state index >= 15 is 0 Å². The molecule has 126 valence electrons. The minimum Gasteiger partial charge on any atom is -0.342 e. The molecule has 0 N–H and O–H groups in total. The Bertz CT molecular complexity index is 719. The van der Waals surface area contributed by atoms with E-state index in [1.807, 2.05) is 12.3 Å². The van der Waals surface area contributed by atoms with E-state index < -0.39 is 0 Å². The lowest BCUT2D eigenvalue weighted by atomic mass is 9.89. The maximum absolute atomic E-state index is 12.8. The van der Waals surface area contributed by atoms with E-state index in [2.05, 4.69) is 22.9 Å². The van der Waals surface area contributed by atoms with Crippen molar-refractivity contribution < 1.29 is 4.79 Å². The van der Waals surface area contributed by atoms with Crippen molar-refractivity contribution in [3.63, 3.8) is 0 Å². The molecule has 1 saturated heterocycles. The Kier molecular flexibility index (Phi) is 4.35. The maximum atomic E-state index is 12.8. The van der Waals surface area contributed by atoms with Crippen LogP contribution in [0.4, 0.5) is 0 Å². The summed E-state index contributed by atoms with van der Waals surface area (Å²) < 4.78 is 0. The Morgan fingerprint density at radius 1 is 1.29 bits per heavy atom. The lowest BCUT2D eigenvalue weighted by Crippen LogP contribution is -2.42. The highest BCUT2D eigenvalue weighted by Crippen LogP contribution is 2.35. The normalized spacial score (nSPS) is 21.5. The number of aromatic nitrogens is 2. The number of rotatable bonds is 2. The van der Waals surface area contributed by atoms with Gasteiger partial charge in [-0.1, -0.05) is 6.92 Å². The van der Waals surface area contributed by atoms with Gasteiger partial charge in [0.15, 0.2) is 0 Å². The second-order valence-corrected chi connectivity index (χ2v) is 8.16. The van der Waals surface area contributed by atoms with Crippen LogP contribution in [0.3, 0.4) is 0 Å². The van der Waals surface area contributed by atoms with Gasteiger partial charge in [0.1, 0.15) is 5.01 Å². The zero-order valence-corrected chi connectivity index (χ0v) is 14.9. The fourth-order valence-corrected chi connectivity index (χ4v) is 4.86. The Morgan fingerprint density at radius 2 is 2.12 bits per heavy atom. The van der Waals surface area contributed by atoms with Crippen LogP contribution in [-0.2, 0) is 17.6 Å². The molecule has 1 amide bonds. The second kappa shape index (κ2) is 6.63. The lowest BCUT2D eigenvalue weighted by Gasteiger charge is -2.34. The number of aryl methyl sites for hydroxylation is 1. The summed E-state index contributed by atoms with van der Waals surface area (Å²) in [6.07, 6.45) is 8.66. The van der Waals surface area contributed by atoms with Crippen LogP contribution in [0.1, 0.15) is 36.8 Å². The highest BCUT2D eigenvalue weighted by molar-refractivity contribution is 7.15. The van der Waals surface area contributed by atoms with E-state index in [-0.39, 0.29) is 5.92 Å². The molecule has 24 heavy (non-hydrogen) atoms. The summed E-state index contributed by atoms with van der Waals surface area (Å²) in [6, 6.07) is 3.99. The van der Waals surface area contributed by atoms with Gasteiger partial charge in [-0.3, -0.25) is 9.78 Å². The molecular weight excluding hydrogens is 318 g/mol. The predicted octanol–water partition coefficient (Wildman–Crippen LogP) is 3.57. The van der Waals surface area contributed by atoms with Crippen molar-refractivity contribution >= 4 is 17.2 Å². The average molecular weight is 341 g/mol. The van der Waals surface area contributed by atoms with Crippen LogP contribution >= 0.6 is 11.3 Å². The van der Waals surface area contributed by atoms with E-state index in [0.717, 1.165) is 61.7 Å². The van der Waals surface area contributed by atoms with E-state index in [4.69, 9.17) is 4.98 Å². The molecule has 2 aromatic rings. The van der Waals surface area contributed by atoms with Gasteiger partial charge in [-0.15, -0.1) is 11.3 Å². The van der Waals surface area contributed by atoms with Crippen LogP contribution in [0.25, 0.3) is 10.6 Å². The Hall–Kier alpha value is -1.75. The molecule has 1 aliphatic carbocycles. The average Bonchev–Trinajstić information content (AvgIpc) is 3.06. The third-order valence-corrected chi connectivity index (χ3v) is 6.46. The standard InChI is InChI=1S/C19H23N3OS/c1-13-6-9-22(10-7-13)19(23)14-4-5-16-17(11-14)24-18(21-16)15-3-2-8-20-12-15/h2-3,8,12-14H,4-7,9-11H2,1H3. The van der Waals surface area contributed by atoms with Gasteiger partial charge in [0, 0.05) is 41.8 Å². The van der Waals surface area contributed by atoms with Gasteiger partial charge in [0.25, 0.3) is 0 Å². The van der Waals surface area contributed by atoms with Crippen molar-refractivity contribution in [1.29, 1.82) is 0 Å². The number of hydrogen-bond acceptors (Lipinski definition) is 4. The van der Waals surface area contributed by atoms with Crippen molar-refractivity contribution in [2.75, 3.05) is 13.1 Å². The summed E-state index contributed by atoms with van der Waals surface area (Å²) in [7, 11) is 0. The Labute approximate surface area is 146 Å². The van der Waals surface area contributed by atoms with Crippen molar-refractivity contribution in [2.24, 2.45) is 11.8 Å². The zero-order chi connectivity index (χ0) is 16.5. The molecule has 0 bridgehead atoms. The summed E-state index contributed by atoms with van der Waals surface area (Å²) in [6.45, 7) is 4.16. The Morgan fingerprint density at radius 3 is 2.88 bits per heavy atom. The molecule has 4 rings (SSSR count). The highest BCUT2D eigenvalue weighted by atomic mass is 32.1. The van der Waals surface area contributed by atoms with Crippen LogP contribution in [-0.4, -0.2) is 33.9 Å². The van der Waals surface area contributed by atoms with Gasteiger partial charge in [0.05, 0.1) is 5.69 Å². The molecule has 0 spiro atoms. The lowest BCUT2D eigenvalue weighted by molar-refractivity contribution is -0.137. The topological polar surface area (TPSA) is 46.1 Å². The second-order valence-electron chi connectivity index (χ2n) is 7.08. The largest absolute Gasteiger partial charge is 0.342 e. The molecule has 2 aliphatic rings. The number of fused-ring (bicyclic) bond motifs is 1. The van der Waals surface area contributed by atoms with Crippen molar-refractivity contribution in [3.8, 4) is 10.6 Å². The van der Waals surface area contributed by atoms with E-state index in [1.165, 1.54) is 10.6 Å². The fourth-order valence-electron chi connectivity index (χ4n) is 3.69. The SMILES string of the molecule is CC1CCN(C(=O)C2CCc3nc(-c4cccnc4)sc3C2)CC1. The number of thiazole rings is 1. The van der Waals surface area contributed by atoms with E-state index in [1.54, 1.807) is 17.5 Å². The molecule has 5 heteroatoms. The van der Waals surface area contributed by atoms with E-state index in [9.17, 15) is 4.79 Å². The fraction of sp³-hybridized carbons (Fsp3) is 0.526. The van der Waals surface area contributed by atoms with Gasteiger partial charge >= 0.3 is 0 Å². The molecule has 3 heterocycles. The van der Waals surface area contributed by atoms with Gasteiger partial charge in [-0.05, 0) is 50.2 Å². The van der Waals surface area contributed by atoms with Crippen LogP contribution in [0.2, 0.25) is 0 Å². The highest BCUT2D eigenvalue weighted by Gasteiger charge is 2.31. The van der Waals surface area contributed by atoms with Crippen molar-refractivity contribution in [1.82, 2.24) is 14.9 Å². The van der Waals surface area contributed by atoms with Gasteiger partial charge < -0.3 is 4.90 Å². The number of pyridine rings is 1. The van der Waals surface area contributed by atoms with Crippen molar-refractivity contribution in [2.45, 2.75) is 39.0 Å². The molecule has 4 nitrogen and oxygen atoms in total. The van der Waals surface area contributed by atoms with Crippen LogP contribution < -0.4 is 0 Å². The number of amides is 1. The number of hydrogen-bond donors (Lipinski definition) is 0. The number of carbonyl (C=O) groups is 1. The Balaban J connectivity index is 1.48. The first-order valence-corrected chi connectivity index (χ1v) is 9.70. The molecular formula is C19H23N3OS. The van der Waals surface area contributed by atoms with Crippen molar-refractivity contribution in [3.05, 3.63) is 35.1 Å². The summed E-state index contributed by atoms with van der Waals surface area (Å²) in [5.74, 6) is 1.27. The van der Waals surface area contributed by atoms with Crippen LogP contribution in [0, 0.1) is 11.8 Å². The first-order valence-electron chi connectivity index (χ1n) is 8.88. The first-order chi connectivity index (χ1) is 11.7. The van der Waals surface area contributed by atoms with Crippen LogP contribution in [0.5, 0.6) is 0 Å². The smallest absolute Gasteiger partial charge is 0.226 e. The first kappa shape index (κ1) is 15.8. The summed E-state index contributed by atoms with van der Waals surface area (Å²) >= 11 is 1.73. The minimum absolute atomic E-state index is 0.146. The number of carbonyl (C=O) groups excluding carboxylic acids is 1. The van der Waals surface area contributed by atoms with Gasteiger partial charge in [0.2, 0.25) is 5.91 Å². The van der Waals surface area contributed by atoms with Gasteiger partial charge in [-0.2, -0.15) is 0 Å². The van der Waals surface area contributed by atoms with E-state index in [0.29, 0.717) is 5.91 Å². The van der Waals surface area contributed by atoms with Gasteiger partial charge in [-0.25, -0.2) is 4.98 Å². The molecule has 2 aromatic heterocycles. The summed E-state index contributed by atoms with van der Waals surface area (Å²) in [4.78, 5) is 25.2. The number of nitrogens with zero attached hydrogens (tertiary/aromatic N) is 3. The molecule has 0 radical (unpaired) electrons.